The van der Waals surface area contributed by atoms with Crippen molar-refractivity contribution in [2.75, 3.05) is 19.0 Å². The van der Waals surface area contributed by atoms with Crippen molar-refractivity contribution in [3.8, 4) is 5.75 Å². The maximum absolute atomic E-state index is 5.39. The Bertz CT molecular complexity index is 579. The lowest BCUT2D eigenvalue weighted by Gasteiger charge is -2.26. The fraction of sp³-hybridized carbons (Fsp3) is 0.333. The molecule has 0 saturated heterocycles. The summed E-state index contributed by atoms with van der Waals surface area (Å²) in [5.41, 5.74) is 4.12. The Labute approximate surface area is 120 Å². The van der Waals surface area contributed by atoms with Crippen LogP contribution < -0.4 is 10.1 Å². The molecule has 1 atom stereocenters. The van der Waals surface area contributed by atoms with Crippen LogP contribution in [0.1, 0.15) is 29.9 Å². The van der Waals surface area contributed by atoms with Crippen LogP contribution in [0.15, 0.2) is 48.5 Å². The average molecular weight is 267 g/mol. The van der Waals surface area contributed by atoms with E-state index in [1.807, 2.05) is 18.2 Å². The summed E-state index contributed by atoms with van der Waals surface area (Å²) in [5, 5.41) is 3.55. The molecule has 1 unspecified atom stereocenters. The van der Waals surface area contributed by atoms with Gasteiger partial charge in [0.15, 0.2) is 0 Å². The number of aryl methyl sites for hydroxylation is 1. The van der Waals surface area contributed by atoms with Gasteiger partial charge in [0.25, 0.3) is 0 Å². The number of para-hydroxylation sites is 2. The van der Waals surface area contributed by atoms with Gasteiger partial charge in [0.05, 0.1) is 12.8 Å². The number of hydrogen-bond acceptors (Lipinski definition) is 2. The van der Waals surface area contributed by atoms with Gasteiger partial charge >= 0.3 is 0 Å². The van der Waals surface area contributed by atoms with Crippen LogP contribution in [0.25, 0.3) is 0 Å². The Morgan fingerprint density at radius 3 is 2.80 bits per heavy atom. The summed E-state index contributed by atoms with van der Waals surface area (Å²) < 4.78 is 5.39. The van der Waals surface area contributed by atoms with Crippen LogP contribution >= 0.6 is 0 Å². The first-order valence-electron chi connectivity index (χ1n) is 7.33. The average Bonchev–Trinajstić information content (AvgIpc) is 2.53. The van der Waals surface area contributed by atoms with Crippen molar-refractivity contribution in [2.45, 2.75) is 25.2 Å². The molecule has 0 aliphatic heterocycles. The van der Waals surface area contributed by atoms with Crippen LogP contribution in [0.5, 0.6) is 5.75 Å². The monoisotopic (exact) mass is 267 g/mol. The van der Waals surface area contributed by atoms with Gasteiger partial charge in [-0.05, 0) is 42.5 Å². The molecule has 1 aliphatic rings. The normalized spacial score (nSPS) is 17.4. The lowest BCUT2D eigenvalue weighted by atomic mass is 9.83. The number of rotatable bonds is 4. The molecule has 1 N–H and O–H groups in total. The highest BCUT2D eigenvalue weighted by Crippen LogP contribution is 2.32. The summed E-state index contributed by atoms with van der Waals surface area (Å²) in [6.45, 7) is 0.970. The van der Waals surface area contributed by atoms with Crippen LogP contribution in [0, 0.1) is 0 Å². The zero-order chi connectivity index (χ0) is 13.8. The van der Waals surface area contributed by atoms with Gasteiger partial charge in [-0.25, -0.2) is 0 Å². The molecule has 0 radical (unpaired) electrons. The molecule has 20 heavy (non-hydrogen) atoms. The quantitative estimate of drug-likeness (QED) is 0.895. The third kappa shape index (κ3) is 2.64. The van der Waals surface area contributed by atoms with E-state index in [9.17, 15) is 0 Å². The van der Waals surface area contributed by atoms with Gasteiger partial charge in [-0.1, -0.05) is 36.4 Å². The summed E-state index contributed by atoms with van der Waals surface area (Å²) >= 11 is 0. The highest BCUT2D eigenvalue weighted by molar-refractivity contribution is 5.56. The van der Waals surface area contributed by atoms with Crippen LogP contribution in [0.2, 0.25) is 0 Å². The number of ether oxygens (including phenoxy) is 1. The van der Waals surface area contributed by atoms with E-state index in [1.165, 1.54) is 30.4 Å². The molecular weight excluding hydrogens is 246 g/mol. The minimum atomic E-state index is 0.602. The predicted molar refractivity (Wildman–Crippen MR) is 83.6 cm³/mol. The minimum Gasteiger partial charge on any atom is -0.495 e. The van der Waals surface area contributed by atoms with Crippen molar-refractivity contribution in [1.29, 1.82) is 0 Å². The molecule has 2 aromatic carbocycles. The van der Waals surface area contributed by atoms with E-state index in [2.05, 4.69) is 35.6 Å². The Morgan fingerprint density at radius 2 is 1.90 bits per heavy atom. The highest BCUT2D eigenvalue weighted by Gasteiger charge is 2.19. The molecule has 2 nitrogen and oxygen atoms in total. The number of anilines is 1. The van der Waals surface area contributed by atoms with Gasteiger partial charge in [-0.3, -0.25) is 0 Å². The van der Waals surface area contributed by atoms with Crippen LogP contribution in [-0.2, 0) is 6.42 Å². The summed E-state index contributed by atoms with van der Waals surface area (Å²) in [5.74, 6) is 1.52. The number of benzene rings is 2. The van der Waals surface area contributed by atoms with E-state index in [4.69, 9.17) is 4.74 Å². The third-order valence-corrected chi connectivity index (χ3v) is 4.14. The highest BCUT2D eigenvalue weighted by atomic mass is 16.5. The Morgan fingerprint density at radius 1 is 1.10 bits per heavy atom. The molecule has 0 fully saturated rings. The second-order valence-electron chi connectivity index (χ2n) is 5.37. The second kappa shape index (κ2) is 6.00. The molecule has 0 amide bonds. The maximum Gasteiger partial charge on any atom is 0.141 e. The van der Waals surface area contributed by atoms with Crippen molar-refractivity contribution in [2.24, 2.45) is 0 Å². The largest absolute Gasteiger partial charge is 0.495 e. The Hall–Kier alpha value is -1.96. The Balaban J connectivity index is 1.73. The zero-order valence-corrected chi connectivity index (χ0v) is 11.9. The molecule has 0 spiro atoms. The maximum atomic E-state index is 5.39. The SMILES string of the molecule is COc1ccccc1NCC1CCCc2ccccc21. The zero-order valence-electron chi connectivity index (χ0n) is 11.9. The second-order valence-corrected chi connectivity index (χ2v) is 5.37. The number of fused-ring (bicyclic) bond motifs is 1. The van der Waals surface area contributed by atoms with Crippen molar-refractivity contribution in [1.82, 2.24) is 0 Å². The van der Waals surface area contributed by atoms with Crippen molar-refractivity contribution in [3.63, 3.8) is 0 Å². The summed E-state index contributed by atoms with van der Waals surface area (Å²) in [7, 11) is 1.72. The topological polar surface area (TPSA) is 21.3 Å². The smallest absolute Gasteiger partial charge is 0.141 e. The van der Waals surface area contributed by atoms with Gasteiger partial charge in [0.2, 0.25) is 0 Å². The fourth-order valence-electron chi connectivity index (χ4n) is 3.09. The molecule has 0 aromatic heterocycles. The molecule has 2 aromatic rings. The van der Waals surface area contributed by atoms with Gasteiger partial charge in [-0.15, -0.1) is 0 Å². The summed E-state index contributed by atoms with van der Waals surface area (Å²) in [6, 6.07) is 17.0. The third-order valence-electron chi connectivity index (χ3n) is 4.14. The molecule has 0 saturated carbocycles. The van der Waals surface area contributed by atoms with Gasteiger partial charge < -0.3 is 10.1 Å². The molecular formula is C18H21NO. The predicted octanol–water partition coefficient (Wildman–Crippen LogP) is 4.23. The number of methoxy groups -OCH3 is 1. The van der Waals surface area contributed by atoms with Crippen LogP contribution in [-0.4, -0.2) is 13.7 Å². The van der Waals surface area contributed by atoms with Crippen molar-refractivity contribution in [3.05, 3.63) is 59.7 Å². The van der Waals surface area contributed by atoms with E-state index in [0.29, 0.717) is 5.92 Å². The Kier molecular flexibility index (Phi) is 3.91. The molecule has 0 bridgehead atoms. The molecule has 2 heteroatoms. The summed E-state index contributed by atoms with van der Waals surface area (Å²) in [4.78, 5) is 0. The lowest BCUT2D eigenvalue weighted by molar-refractivity contribution is 0.416. The van der Waals surface area contributed by atoms with E-state index >= 15 is 0 Å². The standard InChI is InChI=1S/C18H21NO/c1-20-18-12-5-4-11-17(18)19-13-15-9-6-8-14-7-2-3-10-16(14)15/h2-5,7,10-12,15,19H,6,8-9,13H2,1H3. The molecule has 0 heterocycles. The number of hydrogen-bond donors (Lipinski definition) is 1. The molecule has 104 valence electrons. The minimum absolute atomic E-state index is 0.602. The van der Waals surface area contributed by atoms with E-state index in [1.54, 1.807) is 7.11 Å². The van der Waals surface area contributed by atoms with Crippen molar-refractivity contribution < 1.29 is 4.74 Å². The first kappa shape index (κ1) is 13.0. The molecule has 1 aliphatic carbocycles. The fourth-order valence-corrected chi connectivity index (χ4v) is 3.09. The van der Waals surface area contributed by atoms with Gasteiger partial charge in [0, 0.05) is 12.5 Å². The van der Waals surface area contributed by atoms with Crippen LogP contribution in [0.3, 0.4) is 0 Å². The van der Waals surface area contributed by atoms with Gasteiger partial charge in [0.1, 0.15) is 5.75 Å². The van der Waals surface area contributed by atoms with E-state index in [0.717, 1.165) is 18.0 Å². The molecule has 3 rings (SSSR count). The first-order chi connectivity index (χ1) is 9.88. The van der Waals surface area contributed by atoms with E-state index < -0.39 is 0 Å². The summed E-state index contributed by atoms with van der Waals surface area (Å²) in [6.07, 6.45) is 3.77. The number of nitrogens with one attached hydrogen (secondary N) is 1. The van der Waals surface area contributed by atoms with E-state index in [-0.39, 0.29) is 0 Å². The van der Waals surface area contributed by atoms with Crippen molar-refractivity contribution >= 4 is 5.69 Å². The van der Waals surface area contributed by atoms with Gasteiger partial charge in [-0.2, -0.15) is 0 Å². The lowest BCUT2D eigenvalue weighted by Crippen LogP contribution is -2.18. The first-order valence-corrected chi connectivity index (χ1v) is 7.33. The van der Waals surface area contributed by atoms with Crippen LogP contribution in [0.4, 0.5) is 5.69 Å².